The number of carbonyl (C=O) groups excluding carboxylic acids is 2. The van der Waals surface area contributed by atoms with E-state index in [1.54, 1.807) is 12.1 Å². The number of fused-ring (bicyclic) bond motifs is 1. The average molecular weight is 602 g/mol. The molecule has 224 valence electrons. The molecule has 0 bridgehead atoms. The molecule has 0 saturated heterocycles. The first-order chi connectivity index (χ1) is 20.3. The van der Waals surface area contributed by atoms with E-state index in [-0.39, 0.29) is 57.8 Å². The summed E-state index contributed by atoms with van der Waals surface area (Å²) in [4.78, 5) is 44.7. The van der Waals surface area contributed by atoms with E-state index < -0.39 is 34.9 Å². The van der Waals surface area contributed by atoms with Crippen LogP contribution in [0, 0.1) is 5.82 Å². The largest absolute Gasteiger partial charge is 0.493 e. The molecule has 5 rings (SSSR count). The molecule has 0 unspecified atom stereocenters. The Morgan fingerprint density at radius 3 is 2.40 bits per heavy atom. The molecule has 4 N–H and O–H groups in total. The summed E-state index contributed by atoms with van der Waals surface area (Å²) in [5.41, 5.74) is 11.2. The van der Waals surface area contributed by atoms with E-state index in [1.165, 1.54) is 31.0 Å². The topological polar surface area (TPSA) is 162 Å². The highest BCUT2D eigenvalue weighted by Gasteiger charge is 2.43. The van der Waals surface area contributed by atoms with Gasteiger partial charge in [0.05, 0.1) is 19.7 Å². The van der Waals surface area contributed by atoms with Crippen LogP contribution in [0.15, 0.2) is 41.5 Å². The van der Waals surface area contributed by atoms with E-state index >= 15 is 4.39 Å². The van der Waals surface area contributed by atoms with Crippen molar-refractivity contribution < 1.29 is 41.4 Å². The van der Waals surface area contributed by atoms with Crippen LogP contribution in [0.1, 0.15) is 40.4 Å². The van der Waals surface area contributed by atoms with Gasteiger partial charge in [0.1, 0.15) is 17.2 Å². The van der Waals surface area contributed by atoms with Crippen LogP contribution < -0.4 is 26.4 Å². The van der Waals surface area contributed by atoms with Crippen LogP contribution in [0.4, 0.5) is 29.3 Å². The Kier molecular flexibility index (Phi) is 7.42. The predicted molar refractivity (Wildman–Crippen MR) is 145 cm³/mol. The van der Waals surface area contributed by atoms with E-state index in [0.29, 0.717) is 24.0 Å². The van der Waals surface area contributed by atoms with Crippen molar-refractivity contribution in [3.8, 4) is 22.6 Å². The number of rotatable bonds is 7. The summed E-state index contributed by atoms with van der Waals surface area (Å²) in [5, 5.41) is -0.295. The maximum atomic E-state index is 15.8. The number of pyridine rings is 1. The quantitative estimate of drug-likeness (QED) is 0.180. The van der Waals surface area contributed by atoms with Gasteiger partial charge in [-0.05, 0) is 42.7 Å². The second kappa shape index (κ2) is 10.9. The number of hydrogen-bond donors (Lipinski definition) is 2. The van der Waals surface area contributed by atoms with Crippen molar-refractivity contribution in [2.75, 3.05) is 25.7 Å². The highest BCUT2D eigenvalue weighted by molar-refractivity contribution is 6.00. The maximum Gasteiger partial charge on any atom is 0.491 e. The first kappa shape index (κ1) is 29.3. The second-order valence-corrected chi connectivity index (χ2v) is 9.73. The molecule has 15 heteroatoms. The van der Waals surface area contributed by atoms with Crippen LogP contribution in [-0.4, -0.2) is 46.9 Å². The molecule has 11 nitrogen and oxygen atoms in total. The van der Waals surface area contributed by atoms with Crippen molar-refractivity contribution in [3.05, 3.63) is 69.4 Å². The number of esters is 2. The predicted octanol–water partition coefficient (Wildman–Crippen LogP) is 3.95. The summed E-state index contributed by atoms with van der Waals surface area (Å²) in [6.45, 7) is 0. The third kappa shape index (κ3) is 5.65. The van der Waals surface area contributed by atoms with Crippen LogP contribution >= 0.6 is 0 Å². The number of hydrogen-bond acceptors (Lipinski definition) is 10. The summed E-state index contributed by atoms with van der Waals surface area (Å²) in [6, 6.07) is 5.32. The monoisotopic (exact) mass is 601 g/mol. The zero-order chi connectivity index (χ0) is 31.2. The maximum absolute atomic E-state index is 15.8. The molecule has 2 heterocycles. The van der Waals surface area contributed by atoms with Crippen LogP contribution in [0.2, 0.25) is 0 Å². The lowest BCUT2D eigenvalue weighted by molar-refractivity contribution is -0.193. The summed E-state index contributed by atoms with van der Waals surface area (Å²) in [7, 11) is 2.77. The fourth-order valence-corrected chi connectivity index (χ4v) is 4.69. The molecule has 1 aliphatic carbocycles. The van der Waals surface area contributed by atoms with Gasteiger partial charge in [0.25, 0.3) is 0 Å². The minimum absolute atomic E-state index is 0.00223. The lowest BCUT2D eigenvalue weighted by atomic mass is 9.96. The van der Waals surface area contributed by atoms with Gasteiger partial charge < -0.3 is 30.2 Å². The number of nitrogen functional groups attached to an aromatic ring is 2. The van der Waals surface area contributed by atoms with Gasteiger partial charge in [-0.25, -0.2) is 19.0 Å². The summed E-state index contributed by atoms with van der Waals surface area (Å²) in [6.07, 6.45) is -1.51. The van der Waals surface area contributed by atoms with Gasteiger partial charge in [-0.15, -0.1) is 0 Å². The number of methoxy groups -OCH3 is 2. The van der Waals surface area contributed by atoms with Crippen molar-refractivity contribution in [1.82, 2.24) is 14.5 Å². The van der Waals surface area contributed by atoms with Gasteiger partial charge in [-0.3, -0.25) is 4.79 Å². The van der Waals surface area contributed by atoms with Crippen molar-refractivity contribution in [2.45, 2.75) is 31.5 Å². The third-order valence-corrected chi connectivity index (χ3v) is 6.84. The summed E-state index contributed by atoms with van der Waals surface area (Å²) < 4.78 is 70.2. The SMILES string of the molecule is COc1cc(Cc2cnc(N)nc2N)cc(-c2cc3c(cc2F)c(=O)c(C(=O)OC(=O)C(F)(F)F)cn3C2CC2)c1OC. The molecule has 0 spiro atoms. The van der Waals surface area contributed by atoms with Crippen molar-refractivity contribution in [3.63, 3.8) is 0 Å². The molecule has 0 aliphatic heterocycles. The van der Waals surface area contributed by atoms with E-state index in [0.717, 1.165) is 12.3 Å². The van der Waals surface area contributed by atoms with E-state index in [2.05, 4.69) is 14.7 Å². The highest BCUT2D eigenvalue weighted by atomic mass is 19.4. The van der Waals surface area contributed by atoms with Crippen LogP contribution in [0.25, 0.3) is 22.0 Å². The Morgan fingerprint density at radius 2 is 1.79 bits per heavy atom. The Bertz CT molecular complexity index is 1850. The molecule has 4 aromatic rings. The normalized spacial score (nSPS) is 13.2. The van der Waals surface area contributed by atoms with Crippen molar-refractivity contribution in [2.24, 2.45) is 0 Å². The number of aromatic nitrogens is 3. The second-order valence-electron chi connectivity index (χ2n) is 9.73. The zero-order valence-electron chi connectivity index (χ0n) is 22.6. The molecule has 2 aromatic carbocycles. The molecule has 43 heavy (non-hydrogen) atoms. The smallest absolute Gasteiger partial charge is 0.491 e. The Hall–Kier alpha value is -5.21. The Morgan fingerprint density at radius 1 is 1.07 bits per heavy atom. The van der Waals surface area contributed by atoms with Gasteiger partial charge in [0, 0.05) is 46.9 Å². The zero-order valence-corrected chi connectivity index (χ0v) is 22.6. The molecule has 2 aromatic heterocycles. The van der Waals surface area contributed by atoms with Gasteiger partial charge in [0.2, 0.25) is 11.4 Å². The lowest BCUT2D eigenvalue weighted by Crippen LogP contribution is -2.30. The van der Waals surface area contributed by atoms with Gasteiger partial charge in [0.15, 0.2) is 11.5 Å². The lowest BCUT2D eigenvalue weighted by Gasteiger charge is -2.18. The van der Waals surface area contributed by atoms with Crippen molar-refractivity contribution in [1.29, 1.82) is 0 Å². The fraction of sp³-hybridized carbons (Fsp3) is 0.250. The molecule has 0 amide bonds. The molecular formula is C28H23F4N5O6. The number of ether oxygens (including phenoxy) is 3. The number of carbonyl (C=O) groups is 2. The van der Waals surface area contributed by atoms with Gasteiger partial charge in [-0.1, -0.05) is 0 Å². The fourth-order valence-electron chi connectivity index (χ4n) is 4.69. The first-order valence-electron chi connectivity index (χ1n) is 12.7. The number of nitrogens with two attached hydrogens (primary N) is 2. The van der Waals surface area contributed by atoms with Gasteiger partial charge in [-0.2, -0.15) is 18.2 Å². The van der Waals surface area contributed by atoms with Crippen LogP contribution in [0.3, 0.4) is 0 Å². The Labute approximate surface area is 240 Å². The molecule has 1 saturated carbocycles. The van der Waals surface area contributed by atoms with E-state index in [1.807, 2.05) is 0 Å². The molecule has 0 radical (unpaired) electrons. The molecular weight excluding hydrogens is 578 g/mol. The van der Waals surface area contributed by atoms with E-state index in [9.17, 15) is 27.6 Å². The molecule has 1 fully saturated rings. The third-order valence-electron chi connectivity index (χ3n) is 6.84. The van der Waals surface area contributed by atoms with E-state index in [4.69, 9.17) is 20.9 Å². The standard InChI is InChI=1S/C28H23F4N5O6/c1-41-21-7-12(5-13-10-35-27(34)36-24(13)33)6-16(23(21)42-2)15-9-20-17(8-19(15)29)22(38)18(11-37(20)14-3-4-14)25(39)43-26(40)28(30,31)32/h6-11,14H,3-5H2,1-2H3,(H4,33,34,35,36). The minimum Gasteiger partial charge on any atom is -0.493 e. The Balaban J connectivity index is 1.67. The first-order valence-corrected chi connectivity index (χ1v) is 12.7. The van der Waals surface area contributed by atoms with Crippen LogP contribution in [-0.2, 0) is 16.0 Å². The van der Waals surface area contributed by atoms with Crippen molar-refractivity contribution >= 4 is 34.6 Å². The number of halogens is 4. The number of anilines is 2. The summed E-state index contributed by atoms with van der Waals surface area (Å²) in [5.74, 6) is -4.88. The molecule has 1 aliphatic rings. The number of nitrogens with zero attached hydrogens (tertiary/aromatic N) is 3. The minimum atomic E-state index is -5.45. The van der Waals surface area contributed by atoms with Crippen LogP contribution in [0.5, 0.6) is 11.5 Å². The van der Waals surface area contributed by atoms with Gasteiger partial charge >= 0.3 is 18.1 Å². The summed E-state index contributed by atoms with van der Waals surface area (Å²) >= 11 is 0. The average Bonchev–Trinajstić information content (AvgIpc) is 3.79. The molecule has 0 atom stereocenters. The highest BCUT2D eigenvalue weighted by Crippen LogP contribution is 2.43. The number of benzene rings is 2. The number of alkyl halides is 3.